The second kappa shape index (κ2) is 9.05. The molecule has 142 valence electrons. The lowest BCUT2D eigenvalue weighted by molar-refractivity contribution is 0.321. The molecule has 2 rings (SSSR count). The summed E-state index contributed by atoms with van der Waals surface area (Å²) in [7, 11) is -2.80. The zero-order valence-electron chi connectivity index (χ0n) is 15.5. The number of rotatable bonds is 5. The largest absolute Gasteiger partial charge is 0.356 e. The third kappa shape index (κ3) is 6.35. The van der Waals surface area contributed by atoms with Crippen molar-refractivity contribution in [1.82, 2.24) is 10.2 Å². The summed E-state index contributed by atoms with van der Waals surface area (Å²) in [6, 6.07) is 0. The predicted molar refractivity (Wildman–Crippen MR) is 112 cm³/mol. The second-order valence-corrected chi connectivity index (χ2v) is 10.3. The number of aliphatic imine (C=N–C) groups is 1. The van der Waals surface area contributed by atoms with E-state index in [1.54, 1.807) is 0 Å². The Hall–Kier alpha value is -0.0500. The molecule has 2 saturated heterocycles. The molecular weight excluding hydrogens is 437 g/mol. The Bertz CT molecular complexity index is 536. The number of hydrogen-bond donors (Lipinski definition) is 1. The van der Waals surface area contributed by atoms with Gasteiger partial charge in [-0.15, -0.1) is 24.0 Å². The van der Waals surface area contributed by atoms with Crippen LogP contribution in [0, 0.1) is 17.3 Å². The summed E-state index contributed by atoms with van der Waals surface area (Å²) in [5.41, 5.74) is 0.372. The van der Waals surface area contributed by atoms with Gasteiger partial charge in [-0.1, -0.05) is 27.7 Å². The van der Waals surface area contributed by atoms with E-state index in [1.165, 1.54) is 12.8 Å². The van der Waals surface area contributed by atoms with Crippen LogP contribution in [0.4, 0.5) is 0 Å². The fourth-order valence-corrected chi connectivity index (χ4v) is 5.16. The van der Waals surface area contributed by atoms with Gasteiger partial charge >= 0.3 is 0 Å². The van der Waals surface area contributed by atoms with Crippen molar-refractivity contribution < 1.29 is 8.42 Å². The number of likely N-dealkylation sites (tertiary alicyclic amines) is 1. The summed E-state index contributed by atoms with van der Waals surface area (Å²) in [6.07, 6.45) is 3.16. The number of sulfone groups is 1. The molecular formula is C17H34IN3O2S. The Morgan fingerprint density at radius 3 is 2.62 bits per heavy atom. The van der Waals surface area contributed by atoms with Crippen molar-refractivity contribution in [3.8, 4) is 0 Å². The van der Waals surface area contributed by atoms with Crippen LogP contribution in [0.15, 0.2) is 4.99 Å². The Kier molecular flexibility index (Phi) is 8.29. The number of nitrogens with zero attached hydrogens (tertiary/aromatic N) is 2. The monoisotopic (exact) mass is 471 g/mol. The molecule has 0 radical (unpaired) electrons. The highest BCUT2D eigenvalue weighted by atomic mass is 127. The molecule has 2 heterocycles. The molecule has 2 aliphatic heterocycles. The minimum absolute atomic E-state index is 0. The van der Waals surface area contributed by atoms with Crippen LogP contribution in [0.2, 0.25) is 0 Å². The van der Waals surface area contributed by atoms with Crippen LogP contribution in [-0.2, 0) is 9.84 Å². The molecule has 2 fully saturated rings. The molecule has 2 atom stereocenters. The third-order valence-electron chi connectivity index (χ3n) is 5.19. The third-order valence-corrected chi connectivity index (χ3v) is 7.03. The minimum atomic E-state index is -2.80. The average molecular weight is 471 g/mol. The van der Waals surface area contributed by atoms with E-state index < -0.39 is 9.84 Å². The Labute approximate surface area is 165 Å². The topological polar surface area (TPSA) is 61.8 Å². The highest BCUT2D eigenvalue weighted by Gasteiger charge is 2.34. The van der Waals surface area contributed by atoms with E-state index in [0.29, 0.717) is 22.8 Å². The summed E-state index contributed by atoms with van der Waals surface area (Å²) in [5.74, 6) is 2.39. The molecule has 24 heavy (non-hydrogen) atoms. The van der Waals surface area contributed by atoms with Gasteiger partial charge in [0, 0.05) is 26.2 Å². The van der Waals surface area contributed by atoms with Gasteiger partial charge in [-0.05, 0) is 36.5 Å². The van der Waals surface area contributed by atoms with Gasteiger partial charge < -0.3 is 10.2 Å². The summed E-state index contributed by atoms with van der Waals surface area (Å²) >= 11 is 0. The lowest BCUT2D eigenvalue weighted by Crippen LogP contribution is -2.43. The van der Waals surface area contributed by atoms with Crippen molar-refractivity contribution in [2.45, 2.75) is 47.0 Å². The first-order chi connectivity index (χ1) is 10.7. The Morgan fingerprint density at radius 2 is 2.12 bits per heavy atom. The van der Waals surface area contributed by atoms with Crippen LogP contribution in [0.5, 0.6) is 0 Å². The lowest BCUT2D eigenvalue weighted by Gasteiger charge is -2.26. The van der Waals surface area contributed by atoms with E-state index in [1.807, 2.05) is 0 Å². The zero-order chi connectivity index (χ0) is 17.1. The van der Waals surface area contributed by atoms with Gasteiger partial charge in [0.15, 0.2) is 15.8 Å². The van der Waals surface area contributed by atoms with Gasteiger partial charge in [0.2, 0.25) is 0 Å². The van der Waals surface area contributed by atoms with E-state index >= 15 is 0 Å². The summed E-state index contributed by atoms with van der Waals surface area (Å²) < 4.78 is 23.2. The summed E-state index contributed by atoms with van der Waals surface area (Å²) in [4.78, 5) is 7.14. The predicted octanol–water partition coefficient (Wildman–Crippen LogP) is 2.76. The molecule has 0 aliphatic carbocycles. The van der Waals surface area contributed by atoms with E-state index in [4.69, 9.17) is 4.99 Å². The average Bonchev–Trinajstić information content (AvgIpc) is 3.02. The van der Waals surface area contributed by atoms with Gasteiger partial charge in [-0.3, -0.25) is 4.99 Å². The molecule has 0 aromatic carbocycles. The smallest absolute Gasteiger partial charge is 0.193 e. The highest BCUT2D eigenvalue weighted by molar-refractivity contribution is 14.0. The van der Waals surface area contributed by atoms with Gasteiger partial charge in [0.05, 0.1) is 11.5 Å². The van der Waals surface area contributed by atoms with Gasteiger partial charge in [0.25, 0.3) is 0 Å². The standard InChI is InChI=1S/C17H33N3O2S.HI/c1-5-17(4)7-8-20(13-17)16(18-10-14(2)3)19-11-15-6-9-23(21,22)12-15;/h14-15H,5-13H2,1-4H3,(H,18,19);1H. The van der Waals surface area contributed by atoms with Crippen molar-refractivity contribution in [1.29, 1.82) is 0 Å². The fourth-order valence-electron chi connectivity index (χ4n) is 3.30. The first-order valence-corrected chi connectivity index (χ1v) is 10.8. The maximum absolute atomic E-state index is 11.6. The maximum Gasteiger partial charge on any atom is 0.193 e. The van der Waals surface area contributed by atoms with E-state index in [2.05, 4.69) is 37.9 Å². The van der Waals surface area contributed by atoms with Crippen LogP contribution in [0.3, 0.4) is 0 Å². The normalized spacial score (nSPS) is 29.8. The molecule has 0 saturated carbocycles. The van der Waals surface area contributed by atoms with Gasteiger partial charge in [-0.2, -0.15) is 0 Å². The maximum atomic E-state index is 11.6. The quantitative estimate of drug-likeness (QED) is 0.381. The molecule has 2 unspecified atom stereocenters. The number of halogens is 1. The van der Waals surface area contributed by atoms with E-state index in [0.717, 1.165) is 38.6 Å². The minimum Gasteiger partial charge on any atom is -0.356 e. The van der Waals surface area contributed by atoms with Crippen molar-refractivity contribution in [2.24, 2.45) is 22.2 Å². The van der Waals surface area contributed by atoms with Crippen LogP contribution < -0.4 is 5.32 Å². The Morgan fingerprint density at radius 1 is 1.42 bits per heavy atom. The van der Waals surface area contributed by atoms with Crippen LogP contribution in [0.1, 0.15) is 47.0 Å². The summed E-state index contributed by atoms with van der Waals surface area (Å²) in [6.45, 7) is 12.5. The van der Waals surface area contributed by atoms with Crippen molar-refractivity contribution in [2.75, 3.05) is 37.7 Å². The number of nitrogens with one attached hydrogen (secondary N) is 1. The number of hydrogen-bond acceptors (Lipinski definition) is 3. The zero-order valence-corrected chi connectivity index (χ0v) is 18.7. The van der Waals surface area contributed by atoms with Crippen molar-refractivity contribution in [3.05, 3.63) is 0 Å². The number of guanidine groups is 1. The first kappa shape index (κ1) is 22.0. The van der Waals surface area contributed by atoms with Crippen LogP contribution >= 0.6 is 24.0 Å². The molecule has 0 aromatic heterocycles. The SMILES string of the molecule is CCC1(C)CCN(C(=NCC(C)C)NCC2CCS(=O)(=O)C2)C1.I. The second-order valence-electron chi connectivity index (χ2n) is 8.04. The fraction of sp³-hybridized carbons (Fsp3) is 0.941. The Balaban J connectivity index is 0.00000288. The molecule has 0 bridgehead atoms. The van der Waals surface area contributed by atoms with E-state index in [9.17, 15) is 8.42 Å². The molecule has 2 aliphatic rings. The molecule has 0 spiro atoms. The van der Waals surface area contributed by atoms with Gasteiger partial charge in [-0.25, -0.2) is 8.42 Å². The van der Waals surface area contributed by atoms with Crippen molar-refractivity contribution >= 4 is 39.8 Å². The van der Waals surface area contributed by atoms with Crippen LogP contribution in [0.25, 0.3) is 0 Å². The first-order valence-electron chi connectivity index (χ1n) is 8.97. The molecule has 5 nitrogen and oxygen atoms in total. The molecule has 0 amide bonds. The van der Waals surface area contributed by atoms with Crippen LogP contribution in [-0.4, -0.2) is 57.0 Å². The highest BCUT2D eigenvalue weighted by Crippen LogP contribution is 2.33. The summed E-state index contributed by atoms with van der Waals surface area (Å²) in [5, 5.41) is 3.47. The van der Waals surface area contributed by atoms with Gasteiger partial charge in [0.1, 0.15) is 0 Å². The van der Waals surface area contributed by atoms with Crippen molar-refractivity contribution in [3.63, 3.8) is 0 Å². The molecule has 1 N–H and O–H groups in total. The van der Waals surface area contributed by atoms with E-state index in [-0.39, 0.29) is 29.9 Å². The molecule has 0 aromatic rings. The lowest BCUT2D eigenvalue weighted by atomic mass is 9.87. The molecule has 7 heteroatoms.